The topological polar surface area (TPSA) is 96.2 Å². The number of hydrogen-bond acceptors (Lipinski definition) is 6. The fraction of sp³-hybridized carbons (Fsp3) is 0.423. The standard InChI is InChI=1S/C26H32O6/c1-15(2)6-12-18-23(29)22(20(27)13-9-16-7-10-17(31-5)11-8-16)24(30)19-14-21(28)26(3,4)32-25(18)19/h6-8,10-11,21,28-30H,9,12-14H2,1-5H3/t21-/m1/s1. The molecule has 0 saturated carbocycles. The van der Waals surface area contributed by atoms with Crippen molar-refractivity contribution in [2.45, 2.75) is 65.1 Å². The van der Waals surface area contributed by atoms with Crippen LogP contribution in [-0.4, -0.2) is 39.9 Å². The smallest absolute Gasteiger partial charge is 0.170 e. The summed E-state index contributed by atoms with van der Waals surface area (Å²) in [5.41, 5.74) is 1.82. The number of benzene rings is 2. The lowest BCUT2D eigenvalue weighted by molar-refractivity contribution is -0.0424. The summed E-state index contributed by atoms with van der Waals surface area (Å²) in [5.74, 6) is 0.143. The predicted octanol–water partition coefficient (Wildman–Crippen LogP) is 4.51. The molecule has 6 heteroatoms. The van der Waals surface area contributed by atoms with Crippen molar-refractivity contribution >= 4 is 5.78 Å². The van der Waals surface area contributed by atoms with Gasteiger partial charge in [-0.2, -0.15) is 0 Å². The van der Waals surface area contributed by atoms with Gasteiger partial charge in [0, 0.05) is 24.0 Å². The number of aromatic hydroxyl groups is 2. The van der Waals surface area contributed by atoms with Crippen molar-refractivity contribution in [1.29, 1.82) is 0 Å². The molecular formula is C26H32O6. The van der Waals surface area contributed by atoms with E-state index in [1.54, 1.807) is 21.0 Å². The molecule has 0 aromatic heterocycles. The zero-order chi connectivity index (χ0) is 23.6. The number of carbonyl (C=O) groups is 1. The second-order valence-corrected chi connectivity index (χ2v) is 9.04. The van der Waals surface area contributed by atoms with Gasteiger partial charge >= 0.3 is 0 Å². The molecule has 0 bridgehead atoms. The summed E-state index contributed by atoms with van der Waals surface area (Å²) in [6.45, 7) is 7.40. The minimum absolute atomic E-state index is 0.107. The zero-order valence-corrected chi connectivity index (χ0v) is 19.4. The third-order valence-electron chi connectivity index (χ3n) is 5.95. The van der Waals surface area contributed by atoms with Crippen LogP contribution in [0.5, 0.6) is 23.0 Å². The number of fused-ring (bicyclic) bond motifs is 1. The molecule has 0 fully saturated rings. The minimum atomic E-state index is -0.883. The molecule has 2 aromatic carbocycles. The number of carbonyl (C=O) groups excluding carboxylic acids is 1. The molecule has 172 valence electrons. The van der Waals surface area contributed by atoms with Crippen LogP contribution in [0.2, 0.25) is 0 Å². The Morgan fingerprint density at radius 3 is 2.44 bits per heavy atom. The van der Waals surface area contributed by atoms with Gasteiger partial charge in [-0.1, -0.05) is 23.8 Å². The van der Waals surface area contributed by atoms with Crippen LogP contribution in [0, 0.1) is 0 Å². The second-order valence-electron chi connectivity index (χ2n) is 9.04. The highest BCUT2D eigenvalue weighted by Crippen LogP contribution is 2.48. The number of Topliss-reactive ketones (excluding diaryl/α,β-unsaturated/α-hetero) is 1. The average Bonchev–Trinajstić information content (AvgIpc) is 2.73. The first-order valence-corrected chi connectivity index (χ1v) is 10.8. The van der Waals surface area contributed by atoms with Crippen molar-refractivity contribution < 1.29 is 29.6 Å². The maximum Gasteiger partial charge on any atom is 0.170 e. The van der Waals surface area contributed by atoms with Gasteiger partial charge in [0.2, 0.25) is 0 Å². The normalized spacial score (nSPS) is 16.6. The number of aliphatic hydroxyl groups excluding tert-OH is 1. The minimum Gasteiger partial charge on any atom is -0.507 e. The Bertz CT molecular complexity index is 1030. The number of rotatable bonds is 7. The van der Waals surface area contributed by atoms with Crippen LogP contribution in [-0.2, 0) is 19.3 Å². The van der Waals surface area contributed by atoms with E-state index < -0.39 is 11.7 Å². The lowest BCUT2D eigenvalue weighted by Gasteiger charge is -2.38. The van der Waals surface area contributed by atoms with Crippen molar-refractivity contribution in [2.75, 3.05) is 7.11 Å². The van der Waals surface area contributed by atoms with Gasteiger partial charge in [-0.25, -0.2) is 0 Å². The number of hydrogen-bond donors (Lipinski definition) is 3. The fourth-order valence-electron chi connectivity index (χ4n) is 3.83. The third-order valence-corrected chi connectivity index (χ3v) is 5.95. The Balaban J connectivity index is 1.99. The highest BCUT2D eigenvalue weighted by Gasteiger charge is 2.40. The van der Waals surface area contributed by atoms with Gasteiger partial charge in [-0.05, 0) is 58.2 Å². The van der Waals surface area contributed by atoms with Crippen molar-refractivity contribution in [3.8, 4) is 23.0 Å². The van der Waals surface area contributed by atoms with E-state index in [1.807, 2.05) is 44.2 Å². The summed E-state index contributed by atoms with van der Waals surface area (Å²) >= 11 is 0. The van der Waals surface area contributed by atoms with Crippen LogP contribution < -0.4 is 9.47 Å². The monoisotopic (exact) mass is 440 g/mol. The van der Waals surface area contributed by atoms with E-state index in [4.69, 9.17) is 9.47 Å². The van der Waals surface area contributed by atoms with Crippen LogP contribution in [0.4, 0.5) is 0 Å². The first-order valence-electron chi connectivity index (χ1n) is 10.8. The highest BCUT2D eigenvalue weighted by molar-refractivity contribution is 6.02. The van der Waals surface area contributed by atoms with Crippen LogP contribution in [0.1, 0.15) is 61.2 Å². The van der Waals surface area contributed by atoms with E-state index >= 15 is 0 Å². The number of aryl methyl sites for hydroxylation is 1. The Morgan fingerprint density at radius 1 is 1.19 bits per heavy atom. The van der Waals surface area contributed by atoms with Crippen molar-refractivity contribution in [1.82, 2.24) is 0 Å². The summed E-state index contributed by atoms with van der Waals surface area (Å²) in [7, 11) is 1.59. The van der Waals surface area contributed by atoms with Gasteiger partial charge in [0.15, 0.2) is 5.78 Å². The number of phenolic OH excluding ortho intramolecular Hbond substituents is 2. The Hall–Kier alpha value is -2.99. The fourth-order valence-corrected chi connectivity index (χ4v) is 3.83. The average molecular weight is 441 g/mol. The SMILES string of the molecule is COc1ccc(CCC(=O)c2c(O)c(CC=C(C)C)c3c(c2O)C[C@@H](O)C(C)(C)O3)cc1. The molecule has 0 amide bonds. The number of methoxy groups -OCH3 is 1. The van der Waals surface area contributed by atoms with E-state index in [9.17, 15) is 20.1 Å². The first-order chi connectivity index (χ1) is 15.0. The molecular weight excluding hydrogens is 408 g/mol. The summed E-state index contributed by atoms with van der Waals surface area (Å²) in [4.78, 5) is 13.1. The molecule has 1 atom stereocenters. The van der Waals surface area contributed by atoms with Crippen LogP contribution >= 0.6 is 0 Å². The molecule has 2 aromatic rings. The molecule has 1 aliphatic rings. The van der Waals surface area contributed by atoms with Crippen molar-refractivity contribution in [2.24, 2.45) is 0 Å². The maximum atomic E-state index is 13.1. The maximum absolute atomic E-state index is 13.1. The summed E-state index contributed by atoms with van der Waals surface area (Å²) in [6.07, 6.45) is 2.12. The zero-order valence-electron chi connectivity index (χ0n) is 19.4. The van der Waals surface area contributed by atoms with E-state index in [0.717, 1.165) is 16.9 Å². The van der Waals surface area contributed by atoms with E-state index in [2.05, 4.69) is 0 Å². The molecule has 1 aliphatic heterocycles. The van der Waals surface area contributed by atoms with Gasteiger partial charge in [-0.15, -0.1) is 0 Å². The molecule has 3 N–H and O–H groups in total. The Kier molecular flexibility index (Phi) is 6.84. The van der Waals surface area contributed by atoms with Gasteiger partial charge in [0.25, 0.3) is 0 Å². The number of ketones is 1. The van der Waals surface area contributed by atoms with E-state index in [1.165, 1.54) is 0 Å². The summed E-state index contributed by atoms with van der Waals surface area (Å²) < 4.78 is 11.2. The lowest BCUT2D eigenvalue weighted by Crippen LogP contribution is -2.46. The van der Waals surface area contributed by atoms with Crippen LogP contribution in [0.15, 0.2) is 35.9 Å². The third kappa shape index (κ3) is 4.75. The number of ether oxygens (including phenoxy) is 2. The van der Waals surface area contributed by atoms with Gasteiger partial charge in [-0.3, -0.25) is 4.79 Å². The molecule has 32 heavy (non-hydrogen) atoms. The van der Waals surface area contributed by atoms with Crippen LogP contribution in [0.25, 0.3) is 0 Å². The Morgan fingerprint density at radius 2 is 1.84 bits per heavy atom. The van der Waals surface area contributed by atoms with Crippen molar-refractivity contribution in [3.63, 3.8) is 0 Å². The molecule has 3 rings (SSSR count). The second kappa shape index (κ2) is 9.25. The molecule has 1 heterocycles. The molecule has 6 nitrogen and oxygen atoms in total. The number of phenols is 2. The van der Waals surface area contributed by atoms with Gasteiger partial charge in [0.05, 0.1) is 13.2 Å². The van der Waals surface area contributed by atoms with Gasteiger partial charge in [0.1, 0.15) is 34.2 Å². The molecule has 0 radical (unpaired) electrons. The number of allylic oxidation sites excluding steroid dienone is 2. The Labute approximate surface area is 189 Å². The van der Waals surface area contributed by atoms with Crippen LogP contribution in [0.3, 0.4) is 0 Å². The van der Waals surface area contributed by atoms with Gasteiger partial charge < -0.3 is 24.8 Å². The summed E-state index contributed by atoms with van der Waals surface area (Å²) in [5, 5.41) is 32.5. The molecule has 0 unspecified atom stereocenters. The van der Waals surface area contributed by atoms with Crippen molar-refractivity contribution in [3.05, 3.63) is 58.2 Å². The first kappa shape index (κ1) is 23.7. The quantitative estimate of drug-likeness (QED) is 0.433. The highest BCUT2D eigenvalue weighted by atomic mass is 16.5. The van der Waals surface area contributed by atoms with E-state index in [0.29, 0.717) is 29.7 Å². The number of aliphatic hydroxyl groups is 1. The molecule has 0 spiro atoms. The van der Waals surface area contributed by atoms with E-state index in [-0.39, 0.29) is 35.7 Å². The molecule has 0 aliphatic carbocycles. The largest absolute Gasteiger partial charge is 0.507 e. The predicted molar refractivity (Wildman–Crippen MR) is 123 cm³/mol. The summed E-state index contributed by atoms with van der Waals surface area (Å²) in [6, 6.07) is 7.41. The molecule has 0 saturated heterocycles. The lowest BCUT2D eigenvalue weighted by atomic mass is 9.85.